The first-order valence-electron chi connectivity index (χ1n) is 9.55. The lowest BCUT2D eigenvalue weighted by molar-refractivity contribution is 0.0699. The number of fused-ring (bicyclic) bond motifs is 2. The van der Waals surface area contributed by atoms with Crippen LogP contribution in [-0.2, 0) is 0 Å². The standard InChI is InChI=1S/C22H20N4O2/c27-21-16-8-2-1-6-14(16)12-19(25-21)22(28)26-11-5-7-15(13-26)20-23-17-9-3-4-10-18(17)24-20/h1-4,6,8-10,12,15H,5,7,11,13H2,(H,23,24)(H,25,27). The van der Waals surface area contributed by atoms with Crippen molar-refractivity contribution in [1.82, 2.24) is 19.9 Å². The van der Waals surface area contributed by atoms with Crippen LogP contribution in [0.4, 0.5) is 0 Å². The highest BCUT2D eigenvalue weighted by molar-refractivity contribution is 5.96. The van der Waals surface area contributed by atoms with E-state index in [4.69, 9.17) is 4.98 Å². The molecule has 0 saturated carbocycles. The number of imidazole rings is 1. The number of H-pyrrole nitrogens is 2. The molecule has 6 heteroatoms. The summed E-state index contributed by atoms with van der Waals surface area (Å²) >= 11 is 0. The predicted molar refractivity (Wildman–Crippen MR) is 109 cm³/mol. The van der Waals surface area contributed by atoms with E-state index in [2.05, 4.69) is 9.97 Å². The molecule has 2 N–H and O–H groups in total. The van der Waals surface area contributed by atoms with Gasteiger partial charge in [0.25, 0.3) is 11.5 Å². The number of pyridine rings is 1. The summed E-state index contributed by atoms with van der Waals surface area (Å²) in [5, 5.41) is 1.37. The minimum absolute atomic E-state index is 0.135. The van der Waals surface area contributed by atoms with Crippen molar-refractivity contribution in [2.24, 2.45) is 0 Å². The maximum Gasteiger partial charge on any atom is 0.270 e. The minimum Gasteiger partial charge on any atom is -0.342 e. The smallest absolute Gasteiger partial charge is 0.270 e. The third kappa shape index (κ3) is 2.87. The van der Waals surface area contributed by atoms with Crippen LogP contribution in [0.25, 0.3) is 21.8 Å². The Hall–Kier alpha value is -3.41. The number of para-hydroxylation sites is 2. The van der Waals surface area contributed by atoms with Gasteiger partial charge in [-0.25, -0.2) is 4.98 Å². The number of benzene rings is 2. The Labute approximate surface area is 161 Å². The Morgan fingerprint density at radius 2 is 1.89 bits per heavy atom. The molecule has 2 aromatic heterocycles. The Bertz CT molecular complexity index is 1210. The van der Waals surface area contributed by atoms with Crippen LogP contribution in [0.2, 0.25) is 0 Å². The molecule has 4 aromatic rings. The lowest BCUT2D eigenvalue weighted by Gasteiger charge is -2.31. The summed E-state index contributed by atoms with van der Waals surface area (Å²) in [6.07, 6.45) is 1.89. The highest BCUT2D eigenvalue weighted by atomic mass is 16.2. The van der Waals surface area contributed by atoms with E-state index < -0.39 is 0 Å². The molecule has 140 valence electrons. The topological polar surface area (TPSA) is 81.8 Å². The van der Waals surface area contributed by atoms with Gasteiger partial charge in [0.1, 0.15) is 11.5 Å². The summed E-state index contributed by atoms with van der Waals surface area (Å²) in [4.78, 5) is 38.1. The van der Waals surface area contributed by atoms with E-state index in [9.17, 15) is 9.59 Å². The molecule has 1 aliphatic rings. The van der Waals surface area contributed by atoms with Crippen molar-refractivity contribution in [1.29, 1.82) is 0 Å². The molecular weight excluding hydrogens is 352 g/mol. The molecule has 1 saturated heterocycles. The SMILES string of the molecule is O=C(c1cc2ccccc2c(=O)[nH]1)N1CCCC(c2nc3ccccc3[nH]2)C1. The average Bonchev–Trinajstić information content (AvgIpc) is 3.18. The molecule has 0 aliphatic carbocycles. The summed E-state index contributed by atoms with van der Waals surface area (Å²) in [6.45, 7) is 1.28. The monoisotopic (exact) mass is 372 g/mol. The van der Waals surface area contributed by atoms with E-state index >= 15 is 0 Å². The second-order valence-corrected chi connectivity index (χ2v) is 7.33. The lowest BCUT2D eigenvalue weighted by atomic mass is 9.97. The number of amides is 1. The fourth-order valence-electron chi connectivity index (χ4n) is 4.05. The first-order chi connectivity index (χ1) is 13.7. The van der Waals surface area contributed by atoms with Crippen LogP contribution < -0.4 is 5.56 Å². The number of nitrogens with one attached hydrogen (secondary N) is 2. The van der Waals surface area contributed by atoms with Crippen molar-refractivity contribution >= 4 is 27.7 Å². The Morgan fingerprint density at radius 3 is 2.79 bits per heavy atom. The molecular formula is C22H20N4O2. The van der Waals surface area contributed by atoms with Gasteiger partial charge in [-0.15, -0.1) is 0 Å². The molecule has 2 aromatic carbocycles. The quantitative estimate of drug-likeness (QED) is 0.566. The maximum absolute atomic E-state index is 13.1. The number of hydrogen-bond donors (Lipinski definition) is 2. The fourth-order valence-corrected chi connectivity index (χ4v) is 4.05. The van der Waals surface area contributed by atoms with Gasteiger partial charge in [-0.2, -0.15) is 0 Å². The van der Waals surface area contributed by atoms with E-state index in [1.165, 1.54) is 0 Å². The third-order valence-electron chi connectivity index (χ3n) is 5.49. The van der Waals surface area contributed by atoms with Gasteiger partial charge in [0.2, 0.25) is 0 Å². The Balaban J connectivity index is 1.43. The maximum atomic E-state index is 13.1. The van der Waals surface area contributed by atoms with E-state index in [-0.39, 0.29) is 17.4 Å². The Morgan fingerprint density at radius 1 is 1.07 bits per heavy atom. The molecule has 1 aliphatic heterocycles. The number of carbonyl (C=O) groups excluding carboxylic acids is 1. The number of carbonyl (C=O) groups is 1. The molecule has 0 radical (unpaired) electrons. The largest absolute Gasteiger partial charge is 0.342 e. The molecule has 1 unspecified atom stereocenters. The summed E-state index contributed by atoms with van der Waals surface area (Å²) in [5.74, 6) is 0.951. The van der Waals surface area contributed by atoms with Crippen LogP contribution in [0.1, 0.15) is 35.1 Å². The van der Waals surface area contributed by atoms with E-state index in [0.717, 1.165) is 35.1 Å². The van der Waals surface area contributed by atoms with Crippen molar-refractivity contribution in [2.45, 2.75) is 18.8 Å². The summed E-state index contributed by atoms with van der Waals surface area (Å²) in [7, 11) is 0. The van der Waals surface area contributed by atoms with Gasteiger partial charge in [0.15, 0.2) is 0 Å². The zero-order valence-corrected chi connectivity index (χ0v) is 15.3. The molecule has 3 heterocycles. The summed E-state index contributed by atoms with van der Waals surface area (Å²) in [5.41, 5.74) is 2.07. The molecule has 0 bridgehead atoms. The van der Waals surface area contributed by atoms with Gasteiger partial charge in [-0.3, -0.25) is 9.59 Å². The van der Waals surface area contributed by atoms with Crippen LogP contribution in [0.3, 0.4) is 0 Å². The first-order valence-corrected chi connectivity index (χ1v) is 9.55. The van der Waals surface area contributed by atoms with E-state index in [1.54, 1.807) is 12.1 Å². The molecule has 1 amide bonds. The van der Waals surface area contributed by atoms with Gasteiger partial charge in [-0.1, -0.05) is 30.3 Å². The second kappa shape index (κ2) is 6.64. The molecule has 28 heavy (non-hydrogen) atoms. The van der Waals surface area contributed by atoms with Gasteiger partial charge in [-0.05, 0) is 42.5 Å². The molecule has 0 spiro atoms. The van der Waals surface area contributed by atoms with Crippen molar-refractivity contribution in [2.75, 3.05) is 13.1 Å². The zero-order chi connectivity index (χ0) is 19.1. The Kier molecular flexibility index (Phi) is 3.97. The molecule has 6 nitrogen and oxygen atoms in total. The second-order valence-electron chi connectivity index (χ2n) is 7.33. The number of hydrogen-bond acceptors (Lipinski definition) is 3. The zero-order valence-electron chi connectivity index (χ0n) is 15.3. The van der Waals surface area contributed by atoms with Gasteiger partial charge < -0.3 is 14.9 Å². The third-order valence-corrected chi connectivity index (χ3v) is 5.49. The normalized spacial score (nSPS) is 17.3. The van der Waals surface area contributed by atoms with Gasteiger partial charge >= 0.3 is 0 Å². The number of piperidine rings is 1. The summed E-state index contributed by atoms with van der Waals surface area (Å²) in [6, 6.07) is 17.0. The number of likely N-dealkylation sites (tertiary alicyclic amines) is 1. The highest BCUT2D eigenvalue weighted by Crippen LogP contribution is 2.27. The molecule has 1 fully saturated rings. The first kappa shape index (κ1) is 16.7. The van der Waals surface area contributed by atoms with Gasteiger partial charge in [0.05, 0.1) is 11.0 Å². The number of rotatable bonds is 2. The average molecular weight is 372 g/mol. The van der Waals surface area contributed by atoms with Crippen LogP contribution in [0, 0.1) is 0 Å². The van der Waals surface area contributed by atoms with E-state index in [0.29, 0.717) is 24.2 Å². The molecule has 1 atom stereocenters. The van der Waals surface area contributed by atoms with Crippen LogP contribution >= 0.6 is 0 Å². The fraction of sp³-hybridized carbons (Fsp3) is 0.227. The van der Waals surface area contributed by atoms with Crippen molar-refractivity contribution in [3.8, 4) is 0 Å². The van der Waals surface area contributed by atoms with Crippen molar-refractivity contribution in [3.05, 3.63) is 76.5 Å². The molecule has 5 rings (SSSR count). The van der Waals surface area contributed by atoms with E-state index in [1.807, 2.05) is 47.4 Å². The van der Waals surface area contributed by atoms with Crippen LogP contribution in [0.5, 0.6) is 0 Å². The summed E-state index contributed by atoms with van der Waals surface area (Å²) < 4.78 is 0. The number of aromatic amines is 2. The van der Waals surface area contributed by atoms with Crippen LogP contribution in [-0.4, -0.2) is 38.8 Å². The highest BCUT2D eigenvalue weighted by Gasteiger charge is 2.28. The van der Waals surface area contributed by atoms with Crippen LogP contribution in [0.15, 0.2) is 59.4 Å². The lowest BCUT2D eigenvalue weighted by Crippen LogP contribution is -2.40. The van der Waals surface area contributed by atoms with Crippen molar-refractivity contribution < 1.29 is 4.79 Å². The van der Waals surface area contributed by atoms with Crippen molar-refractivity contribution in [3.63, 3.8) is 0 Å². The van der Waals surface area contributed by atoms with Gasteiger partial charge in [0, 0.05) is 24.4 Å². The predicted octanol–water partition coefficient (Wildman–Crippen LogP) is 3.42. The minimum atomic E-state index is -0.229. The number of nitrogens with zero attached hydrogens (tertiary/aromatic N) is 2. The number of aromatic nitrogens is 3.